The monoisotopic (exact) mass is 523 g/mol. The molecule has 1 fully saturated rings. The summed E-state index contributed by atoms with van der Waals surface area (Å²) in [6.45, 7) is 9.21. The van der Waals surface area contributed by atoms with Crippen molar-refractivity contribution < 1.29 is 4.79 Å². The van der Waals surface area contributed by atoms with E-state index in [1.165, 1.54) is 16.3 Å². The van der Waals surface area contributed by atoms with Crippen LogP contribution >= 0.6 is 24.0 Å². The van der Waals surface area contributed by atoms with Crippen molar-refractivity contribution in [1.29, 1.82) is 0 Å². The normalized spacial score (nSPS) is 15.6. The predicted octanol–water partition coefficient (Wildman–Crippen LogP) is 2.92. The molecule has 2 aromatic carbocycles. The van der Waals surface area contributed by atoms with Crippen LogP contribution in [0.2, 0.25) is 0 Å². The number of halogens is 1. The Morgan fingerprint density at radius 1 is 1.07 bits per heavy atom. The van der Waals surface area contributed by atoms with E-state index in [1.54, 1.807) is 14.1 Å². The van der Waals surface area contributed by atoms with Crippen LogP contribution in [0.5, 0.6) is 0 Å². The standard InChI is InChI=1S/C23H33N5O.HI/c1-23(2,21(29)24-3)17-26-22(25-4)28-14-12-27(13-15-28)16-19-10-7-9-18-8-5-6-11-20(18)19;/h5-11H,12-17H2,1-4H3,(H,24,29)(H,25,26);1H. The van der Waals surface area contributed by atoms with Crippen LogP contribution in [0.3, 0.4) is 0 Å². The minimum absolute atomic E-state index is 0. The molecule has 2 N–H and O–H groups in total. The Bertz CT molecular complexity index is 870. The van der Waals surface area contributed by atoms with Gasteiger partial charge < -0.3 is 15.5 Å². The minimum Gasteiger partial charge on any atom is -0.359 e. The molecule has 0 saturated carbocycles. The second kappa shape index (κ2) is 10.9. The average Bonchev–Trinajstić information content (AvgIpc) is 2.75. The Morgan fingerprint density at radius 2 is 1.73 bits per heavy atom. The van der Waals surface area contributed by atoms with Gasteiger partial charge in [-0.25, -0.2) is 0 Å². The molecule has 6 nitrogen and oxygen atoms in total. The van der Waals surface area contributed by atoms with Crippen molar-refractivity contribution in [3.63, 3.8) is 0 Å². The number of aliphatic imine (C=N–C) groups is 1. The van der Waals surface area contributed by atoms with Crippen LogP contribution in [0.4, 0.5) is 0 Å². The molecular formula is C23H34IN5O. The lowest BCUT2D eigenvalue weighted by Gasteiger charge is -2.37. The number of fused-ring (bicyclic) bond motifs is 1. The Kier molecular flexibility index (Phi) is 8.91. The van der Waals surface area contributed by atoms with E-state index in [2.05, 4.69) is 67.9 Å². The second-order valence-electron chi connectivity index (χ2n) is 8.27. The molecule has 0 aliphatic carbocycles. The Labute approximate surface area is 197 Å². The number of amides is 1. The molecule has 1 aliphatic heterocycles. The molecule has 0 unspecified atom stereocenters. The number of piperazine rings is 1. The number of nitrogens with zero attached hydrogens (tertiary/aromatic N) is 3. The van der Waals surface area contributed by atoms with Crippen molar-refractivity contribution in [2.75, 3.05) is 46.8 Å². The van der Waals surface area contributed by atoms with Crippen molar-refractivity contribution in [3.05, 3.63) is 48.0 Å². The molecule has 3 rings (SSSR count). The maximum absolute atomic E-state index is 12.0. The SMILES string of the molecule is CN=C(NCC(C)(C)C(=O)NC)N1CCN(Cc2cccc3ccccc23)CC1.I. The first-order chi connectivity index (χ1) is 13.9. The first-order valence-electron chi connectivity index (χ1n) is 10.3. The highest BCUT2D eigenvalue weighted by atomic mass is 127. The molecule has 2 aromatic rings. The summed E-state index contributed by atoms with van der Waals surface area (Å²) < 4.78 is 0. The third-order valence-electron chi connectivity index (χ3n) is 5.69. The number of hydrogen-bond donors (Lipinski definition) is 2. The van der Waals surface area contributed by atoms with Gasteiger partial charge in [0, 0.05) is 53.4 Å². The number of benzene rings is 2. The Balaban J connectivity index is 0.00000320. The molecule has 7 heteroatoms. The van der Waals surface area contributed by atoms with Gasteiger partial charge in [-0.3, -0.25) is 14.7 Å². The van der Waals surface area contributed by atoms with Gasteiger partial charge in [0.1, 0.15) is 0 Å². The summed E-state index contributed by atoms with van der Waals surface area (Å²) >= 11 is 0. The minimum atomic E-state index is -0.485. The number of nitrogens with one attached hydrogen (secondary N) is 2. The largest absolute Gasteiger partial charge is 0.359 e. The maximum atomic E-state index is 12.0. The molecule has 0 aromatic heterocycles. The highest BCUT2D eigenvalue weighted by Gasteiger charge is 2.28. The molecule has 0 bridgehead atoms. The van der Waals surface area contributed by atoms with E-state index in [4.69, 9.17) is 0 Å². The fraction of sp³-hybridized carbons (Fsp3) is 0.478. The molecule has 30 heavy (non-hydrogen) atoms. The lowest BCUT2D eigenvalue weighted by Crippen LogP contribution is -2.54. The summed E-state index contributed by atoms with van der Waals surface area (Å²) in [5.74, 6) is 0.896. The molecule has 1 saturated heterocycles. The van der Waals surface area contributed by atoms with E-state index in [9.17, 15) is 4.79 Å². The molecule has 1 amide bonds. The van der Waals surface area contributed by atoms with Gasteiger partial charge in [0.2, 0.25) is 5.91 Å². The highest BCUT2D eigenvalue weighted by molar-refractivity contribution is 14.0. The first kappa shape index (κ1) is 24.4. The van der Waals surface area contributed by atoms with Gasteiger partial charge in [0.15, 0.2) is 5.96 Å². The second-order valence-corrected chi connectivity index (χ2v) is 8.27. The van der Waals surface area contributed by atoms with Crippen LogP contribution < -0.4 is 10.6 Å². The number of carbonyl (C=O) groups excluding carboxylic acids is 1. The van der Waals surface area contributed by atoms with Gasteiger partial charge in [0.25, 0.3) is 0 Å². The zero-order valence-corrected chi connectivity index (χ0v) is 20.8. The van der Waals surface area contributed by atoms with Gasteiger partial charge in [-0.2, -0.15) is 0 Å². The number of guanidine groups is 1. The predicted molar refractivity (Wildman–Crippen MR) is 135 cm³/mol. The average molecular weight is 523 g/mol. The third kappa shape index (κ3) is 5.85. The number of carbonyl (C=O) groups is 1. The van der Waals surface area contributed by atoms with Crippen LogP contribution in [0.1, 0.15) is 19.4 Å². The Morgan fingerprint density at radius 3 is 2.40 bits per heavy atom. The van der Waals surface area contributed by atoms with Crippen LogP contribution in [0.15, 0.2) is 47.5 Å². The van der Waals surface area contributed by atoms with E-state index in [-0.39, 0.29) is 29.9 Å². The van der Waals surface area contributed by atoms with Crippen LogP contribution in [-0.4, -0.2) is 68.5 Å². The quantitative estimate of drug-likeness (QED) is 0.360. The van der Waals surface area contributed by atoms with E-state index in [0.717, 1.165) is 38.7 Å². The van der Waals surface area contributed by atoms with Gasteiger partial charge in [0.05, 0.1) is 5.41 Å². The van der Waals surface area contributed by atoms with Crippen molar-refractivity contribution in [1.82, 2.24) is 20.4 Å². The summed E-state index contributed by atoms with van der Waals surface area (Å²) in [4.78, 5) is 21.2. The van der Waals surface area contributed by atoms with Crippen molar-refractivity contribution in [3.8, 4) is 0 Å². The van der Waals surface area contributed by atoms with Gasteiger partial charge in [-0.15, -0.1) is 24.0 Å². The number of hydrogen-bond acceptors (Lipinski definition) is 3. The smallest absolute Gasteiger partial charge is 0.227 e. The molecule has 1 heterocycles. The molecule has 0 radical (unpaired) electrons. The third-order valence-corrected chi connectivity index (χ3v) is 5.69. The summed E-state index contributed by atoms with van der Waals surface area (Å²) in [5.41, 5.74) is 0.896. The zero-order chi connectivity index (χ0) is 20.9. The van der Waals surface area contributed by atoms with E-state index in [0.29, 0.717) is 6.54 Å². The van der Waals surface area contributed by atoms with Gasteiger partial charge in [-0.05, 0) is 30.2 Å². The molecule has 1 aliphatic rings. The lowest BCUT2D eigenvalue weighted by atomic mass is 9.92. The van der Waals surface area contributed by atoms with Crippen molar-refractivity contribution in [2.45, 2.75) is 20.4 Å². The summed E-state index contributed by atoms with van der Waals surface area (Å²) in [6.07, 6.45) is 0. The summed E-state index contributed by atoms with van der Waals surface area (Å²) in [7, 11) is 3.48. The van der Waals surface area contributed by atoms with Crippen molar-refractivity contribution >= 4 is 46.6 Å². The van der Waals surface area contributed by atoms with Gasteiger partial charge >= 0.3 is 0 Å². The highest BCUT2D eigenvalue weighted by Crippen LogP contribution is 2.20. The first-order valence-corrected chi connectivity index (χ1v) is 10.3. The molecule has 164 valence electrons. The number of rotatable bonds is 5. The lowest BCUT2D eigenvalue weighted by molar-refractivity contribution is -0.128. The van der Waals surface area contributed by atoms with Crippen LogP contribution in [0.25, 0.3) is 10.8 Å². The molecular weight excluding hydrogens is 489 g/mol. The fourth-order valence-electron chi connectivity index (χ4n) is 3.84. The topological polar surface area (TPSA) is 60.0 Å². The maximum Gasteiger partial charge on any atom is 0.227 e. The van der Waals surface area contributed by atoms with Crippen LogP contribution in [-0.2, 0) is 11.3 Å². The van der Waals surface area contributed by atoms with E-state index >= 15 is 0 Å². The van der Waals surface area contributed by atoms with E-state index in [1.807, 2.05) is 13.8 Å². The Hall–Kier alpha value is -1.87. The van der Waals surface area contributed by atoms with E-state index < -0.39 is 5.41 Å². The fourth-order valence-corrected chi connectivity index (χ4v) is 3.84. The van der Waals surface area contributed by atoms with Crippen LogP contribution in [0, 0.1) is 5.41 Å². The van der Waals surface area contributed by atoms with Crippen molar-refractivity contribution in [2.24, 2.45) is 10.4 Å². The zero-order valence-electron chi connectivity index (χ0n) is 18.4. The molecule has 0 atom stereocenters. The molecule has 0 spiro atoms. The summed E-state index contributed by atoms with van der Waals surface area (Å²) in [5, 5.41) is 8.75. The van der Waals surface area contributed by atoms with Gasteiger partial charge in [-0.1, -0.05) is 42.5 Å². The summed E-state index contributed by atoms with van der Waals surface area (Å²) in [6, 6.07) is 15.1.